The van der Waals surface area contributed by atoms with Crippen LogP contribution in [0.2, 0.25) is 0 Å². The Morgan fingerprint density at radius 2 is 1.06 bits per heavy atom. The number of carbonyl (C=O) groups excluding carboxylic acids is 2. The molecular weight excluding hydrogens is 817 g/mol. The Kier molecular flexibility index (Phi) is 15.1. The lowest BCUT2D eigenvalue weighted by atomic mass is 9.45. The largest absolute Gasteiger partial charge is 0.508 e. The van der Waals surface area contributed by atoms with E-state index in [2.05, 4.69) is 70.7 Å². The molecule has 65 heavy (non-hydrogen) atoms. The second-order valence-electron chi connectivity index (χ2n) is 21.5. The van der Waals surface area contributed by atoms with Gasteiger partial charge in [-0.1, -0.05) is 68.2 Å². The van der Waals surface area contributed by atoms with Gasteiger partial charge >= 0.3 is 0 Å². The molecule has 10 atom stereocenters. The van der Waals surface area contributed by atoms with Crippen molar-refractivity contribution in [1.29, 1.82) is 0 Å². The van der Waals surface area contributed by atoms with Gasteiger partial charge in [-0.2, -0.15) is 0 Å². The van der Waals surface area contributed by atoms with Gasteiger partial charge in [0.15, 0.2) is 11.6 Å². The van der Waals surface area contributed by atoms with E-state index in [0.717, 1.165) is 50.8 Å². The minimum atomic E-state index is -0.193. The third kappa shape index (κ3) is 10.7. The monoisotopic (exact) mass is 891 g/mol. The Bertz CT molecular complexity index is 2210. The fourth-order valence-corrected chi connectivity index (χ4v) is 13.3. The number of pyridine rings is 2. The van der Waals surface area contributed by atoms with Crippen molar-refractivity contribution in [2.75, 3.05) is 7.11 Å². The van der Waals surface area contributed by atoms with E-state index in [9.17, 15) is 30.0 Å². The molecule has 2 heterocycles. The van der Waals surface area contributed by atoms with Crippen LogP contribution in [0, 0.1) is 57.2 Å². The number of carbonyl (C=O) groups is 2. The molecule has 2 aromatic carbocycles. The third-order valence-electron chi connectivity index (χ3n) is 16.5. The van der Waals surface area contributed by atoms with E-state index in [0.29, 0.717) is 23.0 Å². The maximum atomic E-state index is 13.9. The van der Waals surface area contributed by atoms with E-state index < -0.39 is 0 Å². The molecule has 0 bridgehead atoms. The second-order valence-corrected chi connectivity index (χ2v) is 21.5. The molecule has 0 saturated heterocycles. The van der Waals surface area contributed by atoms with Crippen molar-refractivity contribution < 1.29 is 34.8 Å². The second kappa shape index (κ2) is 19.8. The molecule has 352 valence electrons. The van der Waals surface area contributed by atoms with Crippen LogP contribution >= 0.6 is 0 Å². The number of nitrogens with two attached hydrogens (primary N) is 1. The van der Waals surface area contributed by atoms with Gasteiger partial charge in [-0.3, -0.25) is 19.6 Å². The lowest BCUT2D eigenvalue weighted by Gasteiger charge is -2.60. The molecule has 4 fully saturated rings. The Morgan fingerprint density at radius 3 is 1.49 bits per heavy atom. The van der Waals surface area contributed by atoms with Crippen LogP contribution in [0.1, 0.15) is 133 Å². The minimum absolute atomic E-state index is 0.000880. The zero-order chi connectivity index (χ0) is 47.5. The predicted molar refractivity (Wildman–Crippen MR) is 255 cm³/mol. The Hall–Kier alpha value is -5.00. The van der Waals surface area contributed by atoms with Gasteiger partial charge in [-0.25, -0.2) is 0 Å². The molecular formula is C54H74N4O7. The van der Waals surface area contributed by atoms with Crippen LogP contribution in [0.3, 0.4) is 0 Å². The van der Waals surface area contributed by atoms with Crippen molar-refractivity contribution in [3.8, 4) is 28.7 Å². The Balaban J connectivity index is 0.000000188. The summed E-state index contributed by atoms with van der Waals surface area (Å²) < 4.78 is 4.87. The van der Waals surface area contributed by atoms with E-state index in [-0.39, 0.29) is 92.0 Å². The zero-order valence-electron chi connectivity index (χ0n) is 40.1. The topological polar surface area (TPSA) is 188 Å². The van der Waals surface area contributed by atoms with Crippen LogP contribution in [0.4, 0.5) is 0 Å². The van der Waals surface area contributed by atoms with Crippen molar-refractivity contribution in [1.82, 2.24) is 15.3 Å². The van der Waals surface area contributed by atoms with E-state index >= 15 is 0 Å². The molecule has 11 nitrogen and oxygen atoms in total. The van der Waals surface area contributed by atoms with Gasteiger partial charge in [0, 0.05) is 78.5 Å². The molecule has 0 amide bonds. The normalized spacial score (nSPS) is 31.0. The van der Waals surface area contributed by atoms with E-state index in [1.165, 1.54) is 54.8 Å². The van der Waals surface area contributed by atoms with Crippen molar-refractivity contribution in [3.63, 3.8) is 0 Å². The number of nitrogens with one attached hydrogen (secondary N) is 1. The van der Waals surface area contributed by atoms with Gasteiger partial charge in [0.2, 0.25) is 0 Å². The number of Topliss-reactive ketones (excluding diaryl/α,β-unsaturated/α-hetero) is 2. The van der Waals surface area contributed by atoms with Crippen molar-refractivity contribution >= 4 is 11.6 Å². The fourth-order valence-electron chi connectivity index (χ4n) is 13.3. The van der Waals surface area contributed by atoms with Crippen LogP contribution in [0.15, 0.2) is 85.5 Å². The molecule has 4 aromatic rings. The predicted octanol–water partition coefficient (Wildman–Crippen LogP) is 10.5. The smallest absolute Gasteiger partial charge is 0.167 e. The average molecular weight is 891 g/mol. The maximum absolute atomic E-state index is 13.9. The van der Waals surface area contributed by atoms with Crippen molar-refractivity contribution in [2.24, 2.45) is 62.9 Å². The number of rotatable bonds is 8. The summed E-state index contributed by atoms with van der Waals surface area (Å²) in [7, 11) is 1.63. The summed E-state index contributed by atoms with van der Waals surface area (Å²) in [5, 5.41) is 43.4. The Labute approximate surface area is 386 Å². The summed E-state index contributed by atoms with van der Waals surface area (Å²) >= 11 is 0. The standard InChI is InChI=1S/C27H36N2O3.C21H31NO3.C6H7NO/c1-17-22(29-16-18-6-10-28-11-7-18)15-23-26(2,3)8-5-9-27(23,4)24(17)25(32)19-12-20(30)14-21(31)13-19;1-12-16(22)11-17-20(2,3)6-5-7-21(17,4)18(12)19(25)13-8-14(23)10-15(24)9-13;1-8-6-2-4-7-5-3-6/h6-7,10-14,17,22-24,29-31H,5,8-9,15-16H2,1-4H3;8-10,12,16-18,23-24H,5-7,11,22H2,1-4H3;2-5H,1H3/t17-,22-,23+,24-,27+;12-,16-,17+,18-,21+;/m11./s1. The first-order valence-electron chi connectivity index (χ1n) is 23.6. The van der Waals surface area contributed by atoms with Gasteiger partial charge in [-0.15, -0.1) is 0 Å². The molecule has 4 aliphatic rings. The summed E-state index contributed by atoms with van der Waals surface area (Å²) in [6.07, 6.45) is 15.7. The van der Waals surface area contributed by atoms with Gasteiger partial charge in [0.25, 0.3) is 0 Å². The lowest BCUT2D eigenvalue weighted by Crippen LogP contribution is -2.60. The van der Waals surface area contributed by atoms with Crippen LogP contribution in [0.5, 0.6) is 28.7 Å². The average Bonchev–Trinajstić information content (AvgIpc) is 3.24. The van der Waals surface area contributed by atoms with Crippen LogP contribution in [-0.4, -0.2) is 61.2 Å². The number of aromatic hydroxyl groups is 4. The molecule has 2 aromatic heterocycles. The molecule has 0 unspecified atom stereocenters. The first kappa shape index (κ1) is 49.4. The van der Waals surface area contributed by atoms with Gasteiger partial charge in [0.1, 0.15) is 28.7 Å². The molecule has 0 spiro atoms. The highest BCUT2D eigenvalue weighted by Crippen LogP contribution is 2.63. The summed E-state index contributed by atoms with van der Waals surface area (Å²) in [4.78, 5) is 35.3. The highest BCUT2D eigenvalue weighted by molar-refractivity contribution is 6.00. The number of ketones is 2. The summed E-state index contributed by atoms with van der Waals surface area (Å²) in [5.74, 6) is 1.21. The van der Waals surface area contributed by atoms with Crippen LogP contribution < -0.4 is 15.8 Å². The third-order valence-corrected chi connectivity index (χ3v) is 16.5. The van der Waals surface area contributed by atoms with Gasteiger partial charge < -0.3 is 36.2 Å². The van der Waals surface area contributed by atoms with Crippen molar-refractivity contribution in [2.45, 2.75) is 125 Å². The molecule has 4 saturated carbocycles. The fraction of sp³-hybridized carbons (Fsp3) is 0.556. The number of nitrogens with zero attached hydrogens (tertiary/aromatic N) is 2. The molecule has 7 N–H and O–H groups in total. The first-order chi connectivity index (χ1) is 30.6. The number of phenolic OH excluding ortho intramolecular Hbond substituents is 4. The highest BCUT2D eigenvalue weighted by atomic mass is 16.5. The van der Waals surface area contributed by atoms with Gasteiger partial charge in [0.05, 0.1) is 7.11 Å². The summed E-state index contributed by atoms with van der Waals surface area (Å²) in [6, 6.07) is 16.3. The lowest BCUT2D eigenvalue weighted by molar-refractivity contribution is -0.0917. The number of phenols is 4. The van der Waals surface area contributed by atoms with Crippen molar-refractivity contribution in [3.05, 3.63) is 102 Å². The molecule has 0 aliphatic heterocycles. The van der Waals surface area contributed by atoms with Gasteiger partial charge in [-0.05, 0) is 138 Å². The summed E-state index contributed by atoms with van der Waals surface area (Å²) in [6.45, 7) is 18.9. The van der Waals surface area contributed by atoms with E-state index in [1.54, 1.807) is 31.6 Å². The Morgan fingerprint density at radius 1 is 0.646 bits per heavy atom. The van der Waals surface area contributed by atoms with Crippen LogP contribution in [-0.2, 0) is 6.54 Å². The van der Waals surface area contributed by atoms with E-state index in [4.69, 9.17) is 10.5 Å². The number of hydrogen-bond acceptors (Lipinski definition) is 11. The molecule has 0 radical (unpaired) electrons. The quantitative estimate of drug-likeness (QED) is 0.0924. The maximum Gasteiger partial charge on any atom is 0.167 e. The number of aromatic nitrogens is 2. The minimum Gasteiger partial charge on any atom is -0.508 e. The molecule has 11 heteroatoms. The highest BCUT2D eigenvalue weighted by Gasteiger charge is 2.59. The summed E-state index contributed by atoms with van der Waals surface area (Å²) in [5.41, 5.74) is 8.55. The zero-order valence-corrected chi connectivity index (χ0v) is 40.1. The molecule has 8 rings (SSSR count). The van der Waals surface area contributed by atoms with Crippen LogP contribution in [0.25, 0.3) is 0 Å². The number of methoxy groups -OCH3 is 1. The number of ether oxygens (including phenoxy) is 1. The van der Waals surface area contributed by atoms with E-state index in [1.807, 2.05) is 24.5 Å². The number of benzene rings is 2. The SMILES string of the molecule is COc1ccncc1.C[C@@H]1[C@H](N)C[C@H]2C(C)(C)CCC[C@]2(C)[C@H]1C(=O)c1cc(O)cc(O)c1.C[C@@H]1[C@H](NCc2ccncc2)C[C@H]2C(C)(C)CCC[C@]2(C)[C@H]1C(=O)c1cc(O)cc(O)c1. The molecule has 4 aliphatic carbocycles. The number of hydrogen-bond donors (Lipinski definition) is 6. The first-order valence-corrected chi connectivity index (χ1v) is 23.6. The number of fused-ring (bicyclic) bond motifs is 2.